The van der Waals surface area contributed by atoms with E-state index in [-0.39, 0.29) is 84.1 Å². The quantitative estimate of drug-likeness (QED) is 0.113. The van der Waals surface area contributed by atoms with Crippen molar-refractivity contribution in [2.24, 2.45) is 0 Å². The number of nitrogens with one attached hydrogen (secondary N) is 1. The summed E-state index contributed by atoms with van der Waals surface area (Å²) in [5.74, 6) is -3.07. The van der Waals surface area contributed by atoms with Crippen molar-refractivity contribution in [1.29, 1.82) is 0 Å². The largest absolute Gasteiger partial charge is 1.00 e. The van der Waals surface area contributed by atoms with Crippen LogP contribution in [0.4, 0.5) is 27.6 Å². The Balaban J connectivity index is 0.00000784. The molecule has 3 atom stereocenters. The van der Waals surface area contributed by atoms with Gasteiger partial charge in [0.2, 0.25) is 0 Å². The van der Waals surface area contributed by atoms with Crippen molar-refractivity contribution in [3.05, 3.63) is 83.9 Å². The van der Waals surface area contributed by atoms with Gasteiger partial charge < -0.3 is 39.1 Å². The molecule has 0 aromatic heterocycles. The van der Waals surface area contributed by atoms with Crippen LogP contribution in [0.1, 0.15) is 54.6 Å². The first-order valence-electron chi connectivity index (χ1n) is 16.3. The maximum atomic E-state index is 13.4. The van der Waals surface area contributed by atoms with Gasteiger partial charge in [0.25, 0.3) is 5.91 Å². The van der Waals surface area contributed by atoms with Gasteiger partial charge in [0, 0.05) is 30.1 Å². The second kappa shape index (κ2) is 20.1. The molecule has 0 saturated carbocycles. The summed E-state index contributed by atoms with van der Waals surface area (Å²) in [6.45, 7) is -1.90. The summed E-state index contributed by atoms with van der Waals surface area (Å²) in [6, 6.07) is 15.4. The maximum absolute atomic E-state index is 13.4. The molecule has 54 heavy (non-hydrogen) atoms. The predicted molar refractivity (Wildman–Crippen MR) is 176 cm³/mol. The van der Waals surface area contributed by atoms with Gasteiger partial charge in [-0.15, -0.1) is 13.2 Å². The molecule has 0 bridgehead atoms. The molecule has 1 heterocycles. The number of carbonyl (C=O) groups is 3. The Labute approximate surface area is 330 Å². The van der Waals surface area contributed by atoms with E-state index in [0.29, 0.717) is 11.3 Å². The smallest absolute Gasteiger partial charge is 0.550 e. The van der Waals surface area contributed by atoms with E-state index in [4.69, 9.17) is 9.47 Å². The van der Waals surface area contributed by atoms with Crippen LogP contribution >= 0.6 is 0 Å². The van der Waals surface area contributed by atoms with Gasteiger partial charge in [0.15, 0.2) is 9.84 Å². The Bertz CT molecular complexity index is 1800. The molecule has 4 rings (SSSR count). The molecule has 1 saturated heterocycles. The van der Waals surface area contributed by atoms with Crippen LogP contribution < -0.4 is 54.4 Å². The van der Waals surface area contributed by atoms with Crippen LogP contribution in [0.25, 0.3) is 0 Å². The van der Waals surface area contributed by atoms with E-state index in [0.717, 1.165) is 12.1 Å². The van der Waals surface area contributed by atoms with Gasteiger partial charge in [-0.1, -0.05) is 19.1 Å². The minimum absolute atomic E-state index is 0. The average molecular weight is 795 g/mol. The van der Waals surface area contributed by atoms with Crippen molar-refractivity contribution in [3.8, 4) is 11.5 Å². The predicted octanol–water partition coefficient (Wildman–Crippen LogP) is 1.58. The second-order valence-electron chi connectivity index (χ2n) is 11.8. The topological polar surface area (TPSA) is 161 Å². The number of anilines is 1. The molecule has 3 aromatic carbocycles. The molecule has 288 valence electrons. The van der Waals surface area contributed by atoms with E-state index in [1.54, 1.807) is 17.0 Å². The number of carboxylic acids is 1. The molecular weight excluding hydrogens is 758 g/mol. The van der Waals surface area contributed by atoms with Crippen LogP contribution in [0.3, 0.4) is 0 Å². The van der Waals surface area contributed by atoms with Crippen molar-refractivity contribution in [2.45, 2.75) is 68.7 Å². The Morgan fingerprint density at radius 2 is 1.57 bits per heavy atom. The van der Waals surface area contributed by atoms with Crippen molar-refractivity contribution < 1.29 is 98.4 Å². The fourth-order valence-corrected chi connectivity index (χ4v) is 6.42. The van der Waals surface area contributed by atoms with Crippen molar-refractivity contribution in [1.82, 2.24) is 5.32 Å². The monoisotopic (exact) mass is 794 g/mol. The molecule has 1 N–H and O–H groups in total. The Morgan fingerprint density at radius 3 is 2.15 bits per heavy atom. The van der Waals surface area contributed by atoms with E-state index in [2.05, 4.69) is 14.8 Å². The SMILES string of the molecule is CCS(=O)(=O)c1ccc(C(CCOC(=O)CCC(=O)[O-])NC(=O)c2ccc(N3C[C@@H](Oc4ccc(OC(F)(F)F)cc4)C[C@H]3COC(F)F)cc2)cc1.[Na+]. The summed E-state index contributed by atoms with van der Waals surface area (Å²) < 4.78 is 108. The third kappa shape index (κ3) is 13.7. The van der Waals surface area contributed by atoms with Crippen LogP contribution in [-0.4, -0.2) is 76.9 Å². The summed E-state index contributed by atoms with van der Waals surface area (Å²) in [6.07, 6.45) is -6.06. The van der Waals surface area contributed by atoms with Crippen molar-refractivity contribution in [3.63, 3.8) is 0 Å². The van der Waals surface area contributed by atoms with Gasteiger partial charge >= 0.3 is 48.5 Å². The van der Waals surface area contributed by atoms with Gasteiger partial charge in [-0.3, -0.25) is 9.59 Å². The molecule has 1 amide bonds. The number of aliphatic carboxylic acids is 1. The number of amides is 1. The standard InChI is InChI=1S/C35H37F5N2O10S.Na/c1-2-53(47,48)29-13-5-22(6-14-29)30(17-18-49-32(45)16-15-31(43)44)41-33(46)23-3-7-24(8-4-23)42-20-28(19-25(42)21-50-34(36)37)51-26-9-11-27(12-10-26)52-35(38,39)40;/h3-14,25,28,30,34H,2,15-21H2,1H3,(H,41,46)(H,43,44);/q;+1/p-1/t25-,28-,30?;/m0./s1. The molecule has 1 fully saturated rings. The third-order valence-corrected chi connectivity index (χ3v) is 9.89. The van der Waals surface area contributed by atoms with E-state index < -0.39 is 77.4 Å². The van der Waals surface area contributed by atoms with Crippen LogP contribution in [0.5, 0.6) is 11.5 Å². The summed E-state index contributed by atoms with van der Waals surface area (Å²) in [5, 5.41) is 13.5. The van der Waals surface area contributed by atoms with Crippen LogP contribution in [0.2, 0.25) is 0 Å². The number of alkyl halides is 5. The number of carboxylic acid groups (broad SMARTS) is 1. The van der Waals surface area contributed by atoms with E-state index in [1.807, 2.05) is 0 Å². The summed E-state index contributed by atoms with van der Waals surface area (Å²) >= 11 is 0. The zero-order valence-electron chi connectivity index (χ0n) is 29.2. The summed E-state index contributed by atoms with van der Waals surface area (Å²) in [4.78, 5) is 37.8. The normalized spacial score (nSPS) is 16.3. The molecule has 3 aromatic rings. The van der Waals surface area contributed by atoms with Crippen LogP contribution in [-0.2, 0) is 28.9 Å². The van der Waals surface area contributed by atoms with Gasteiger partial charge in [-0.25, -0.2) is 8.42 Å². The molecule has 0 spiro atoms. The molecule has 12 nitrogen and oxygen atoms in total. The van der Waals surface area contributed by atoms with Crippen molar-refractivity contribution in [2.75, 3.05) is 30.4 Å². The molecule has 1 unspecified atom stereocenters. The van der Waals surface area contributed by atoms with Crippen molar-refractivity contribution >= 4 is 33.4 Å². The molecule has 0 aliphatic carbocycles. The number of benzene rings is 3. The number of carbonyl (C=O) groups excluding carboxylic acids is 3. The zero-order chi connectivity index (χ0) is 38.8. The van der Waals surface area contributed by atoms with Gasteiger partial charge in [-0.05, 0) is 72.6 Å². The second-order valence-corrected chi connectivity index (χ2v) is 14.1. The van der Waals surface area contributed by atoms with Crippen LogP contribution in [0, 0.1) is 0 Å². The minimum atomic E-state index is -4.86. The Hall–Kier alpha value is -3.97. The molecule has 0 radical (unpaired) electrons. The number of halogens is 5. The molecule has 19 heteroatoms. The first-order valence-corrected chi connectivity index (χ1v) is 18.0. The van der Waals surface area contributed by atoms with Gasteiger partial charge in [-0.2, -0.15) is 8.78 Å². The van der Waals surface area contributed by atoms with Gasteiger partial charge in [0.05, 0.1) is 48.9 Å². The first-order chi connectivity index (χ1) is 25.0. The number of ether oxygens (including phenoxy) is 4. The number of hydrogen-bond acceptors (Lipinski definition) is 11. The number of sulfone groups is 1. The third-order valence-electron chi connectivity index (χ3n) is 8.14. The fourth-order valence-electron chi connectivity index (χ4n) is 5.54. The Morgan fingerprint density at radius 1 is 0.944 bits per heavy atom. The molecular formula is C35H36F5N2NaO10S. The molecule has 1 aliphatic rings. The average Bonchev–Trinajstić information content (AvgIpc) is 3.52. The van der Waals surface area contributed by atoms with Gasteiger partial charge in [0.1, 0.15) is 17.6 Å². The minimum Gasteiger partial charge on any atom is -0.550 e. The maximum Gasteiger partial charge on any atom is 1.00 e. The number of rotatable bonds is 18. The van der Waals surface area contributed by atoms with E-state index >= 15 is 0 Å². The fraction of sp³-hybridized carbons (Fsp3) is 0.400. The number of hydrogen-bond donors (Lipinski definition) is 1. The molecule has 1 aliphatic heterocycles. The Kier molecular flexibility index (Phi) is 16.5. The van der Waals surface area contributed by atoms with Crippen LogP contribution in [0.15, 0.2) is 77.7 Å². The first kappa shape index (κ1) is 44.4. The van der Waals surface area contributed by atoms with E-state index in [9.17, 15) is 49.9 Å². The summed E-state index contributed by atoms with van der Waals surface area (Å²) in [7, 11) is -3.50. The number of esters is 1. The zero-order valence-corrected chi connectivity index (χ0v) is 32.0. The van der Waals surface area contributed by atoms with E-state index in [1.165, 1.54) is 55.5 Å². The summed E-state index contributed by atoms with van der Waals surface area (Å²) in [5.41, 5.74) is 1.24. The number of nitrogens with zero attached hydrogens (tertiary/aromatic N) is 1.